The quantitative estimate of drug-likeness (QED) is 0.817. The Morgan fingerprint density at radius 2 is 2.05 bits per heavy atom. The van der Waals surface area contributed by atoms with Crippen LogP contribution < -0.4 is 5.32 Å². The van der Waals surface area contributed by atoms with E-state index < -0.39 is 0 Å². The normalized spacial score (nSPS) is 16.4. The second kappa shape index (κ2) is 7.30. The molecule has 0 radical (unpaired) electrons. The summed E-state index contributed by atoms with van der Waals surface area (Å²) in [5.41, 5.74) is 1.11. The first-order valence-corrected chi connectivity index (χ1v) is 8.19. The predicted octanol–water partition coefficient (Wildman–Crippen LogP) is 4.61. The molecule has 0 heterocycles. The zero-order chi connectivity index (χ0) is 13.7. The lowest BCUT2D eigenvalue weighted by Gasteiger charge is -2.15. The van der Waals surface area contributed by atoms with Crippen molar-refractivity contribution in [3.63, 3.8) is 0 Å². The van der Waals surface area contributed by atoms with E-state index in [1.807, 2.05) is 12.1 Å². The molecular formula is C16H24FNS. The number of halogens is 1. The van der Waals surface area contributed by atoms with Crippen LogP contribution in [0.15, 0.2) is 23.1 Å². The zero-order valence-electron chi connectivity index (χ0n) is 11.9. The van der Waals surface area contributed by atoms with Crippen molar-refractivity contribution in [1.82, 2.24) is 5.32 Å². The summed E-state index contributed by atoms with van der Waals surface area (Å²) in [4.78, 5) is 0.866. The minimum atomic E-state index is -0.0549. The summed E-state index contributed by atoms with van der Waals surface area (Å²) in [7, 11) is 0. The van der Waals surface area contributed by atoms with E-state index in [4.69, 9.17) is 0 Å². The number of hydrogen-bond donors (Lipinski definition) is 1. The minimum absolute atomic E-state index is 0.0549. The van der Waals surface area contributed by atoms with Gasteiger partial charge in [-0.3, -0.25) is 0 Å². The third-order valence-electron chi connectivity index (χ3n) is 3.50. The summed E-state index contributed by atoms with van der Waals surface area (Å²) >= 11 is 1.75. The molecule has 0 unspecified atom stereocenters. The molecule has 1 aromatic rings. The van der Waals surface area contributed by atoms with Crippen LogP contribution in [0.4, 0.5) is 4.39 Å². The molecule has 19 heavy (non-hydrogen) atoms. The van der Waals surface area contributed by atoms with Gasteiger partial charge in [-0.25, -0.2) is 4.39 Å². The van der Waals surface area contributed by atoms with Crippen molar-refractivity contribution < 1.29 is 4.39 Å². The van der Waals surface area contributed by atoms with Crippen LogP contribution in [0.1, 0.15) is 45.1 Å². The highest BCUT2D eigenvalue weighted by atomic mass is 32.2. The molecule has 0 saturated heterocycles. The molecule has 1 aliphatic rings. The number of hydrogen-bond acceptors (Lipinski definition) is 2. The fourth-order valence-corrected chi connectivity index (χ4v) is 3.87. The van der Waals surface area contributed by atoms with Gasteiger partial charge in [-0.05, 0) is 36.9 Å². The SMILES string of the molecule is CC(C)CNCc1cccc(F)c1SC1CCCC1. The van der Waals surface area contributed by atoms with Gasteiger partial charge in [-0.15, -0.1) is 11.8 Å². The van der Waals surface area contributed by atoms with Gasteiger partial charge < -0.3 is 5.32 Å². The number of nitrogens with one attached hydrogen (secondary N) is 1. The van der Waals surface area contributed by atoms with E-state index >= 15 is 0 Å². The maximum atomic E-state index is 14.0. The highest BCUT2D eigenvalue weighted by Gasteiger charge is 2.19. The van der Waals surface area contributed by atoms with Gasteiger partial charge in [0.05, 0.1) is 0 Å². The molecule has 2 rings (SSSR count). The average Bonchev–Trinajstić information content (AvgIpc) is 2.85. The highest BCUT2D eigenvalue weighted by molar-refractivity contribution is 8.00. The van der Waals surface area contributed by atoms with Gasteiger partial charge in [-0.1, -0.05) is 38.8 Å². The van der Waals surface area contributed by atoms with E-state index in [9.17, 15) is 4.39 Å². The van der Waals surface area contributed by atoms with Crippen LogP contribution in [-0.4, -0.2) is 11.8 Å². The van der Waals surface area contributed by atoms with Crippen molar-refractivity contribution >= 4 is 11.8 Å². The van der Waals surface area contributed by atoms with Crippen molar-refractivity contribution in [1.29, 1.82) is 0 Å². The molecule has 1 saturated carbocycles. The van der Waals surface area contributed by atoms with Crippen LogP contribution in [0.5, 0.6) is 0 Å². The summed E-state index contributed by atoms with van der Waals surface area (Å²) in [6.45, 7) is 6.12. The fourth-order valence-electron chi connectivity index (χ4n) is 2.49. The first-order valence-electron chi connectivity index (χ1n) is 7.31. The van der Waals surface area contributed by atoms with Crippen molar-refractivity contribution in [2.45, 2.75) is 56.2 Å². The molecule has 0 bridgehead atoms. The van der Waals surface area contributed by atoms with Crippen molar-refractivity contribution in [2.75, 3.05) is 6.54 Å². The highest BCUT2D eigenvalue weighted by Crippen LogP contribution is 2.37. The van der Waals surface area contributed by atoms with Crippen molar-refractivity contribution in [3.8, 4) is 0 Å². The maximum absolute atomic E-state index is 14.0. The Morgan fingerprint density at radius 3 is 2.74 bits per heavy atom. The molecule has 0 aromatic heterocycles. The van der Waals surface area contributed by atoms with Crippen LogP contribution in [0, 0.1) is 11.7 Å². The molecule has 1 aliphatic carbocycles. The van der Waals surface area contributed by atoms with E-state index in [0.29, 0.717) is 11.2 Å². The summed E-state index contributed by atoms with van der Waals surface area (Å²) in [6, 6.07) is 5.46. The molecule has 1 fully saturated rings. The van der Waals surface area contributed by atoms with Crippen LogP contribution in [-0.2, 0) is 6.54 Å². The van der Waals surface area contributed by atoms with Gasteiger partial charge in [0.1, 0.15) is 5.82 Å². The van der Waals surface area contributed by atoms with E-state index in [0.717, 1.165) is 23.5 Å². The van der Waals surface area contributed by atoms with Crippen molar-refractivity contribution in [3.05, 3.63) is 29.6 Å². The van der Waals surface area contributed by atoms with E-state index in [2.05, 4.69) is 19.2 Å². The monoisotopic (exact) mass is 281 g/mol. The molecule has 1 aromatic carbocycles. The second-order valence-electron chi connectivity index (χ2n) is 5.78. The van der Waals surface area contributed by atoms with Gasteiger partial charge in [0.2, 0.25) is 0 Å². The van der Waals surface area contributed by atoms with Crippen LogP contribution >= 0.6 is 11.8 Å². The largest absolute Gasteiger partial charge is 0.312 e. The fraction of sp³-hybridized carbons (Fsp3) is 0.625. The summed E-state index contributed by atoms with van der Waals surface area (Å²) in [6.07, 6.45) is 5.07. The van der Waals surface area contributed by atoms with Gasteiger partial charge in [0.15, 0.2) is 0 Å². The van der Waals surface area contributed by atoms with E-state index in [1.165, 1.54) is 25.7 Å². The molecule has 0 spiro atoms. The molecule has 1 N–H and O–H groups in total. The summed E-state index contributed by atoms with van der Waals surface area (Å²) in [5, 5.41) is 4.03. The van der Waals surface area contributed by atoms with Crippen LogP contribution in [0.2, 0.25) is 0 Å². The molecular weight excluding hydrogens is 257 g/mol. The average molecular weight is 281 g/mol. The number of thioether (sulfide) groups is 1. The van der Waals surface area contributed by atoms with Gasteiger partial charge in [0.25, 0.3) is 0 Å². The molecule has 1 nitrogen and oxygen atoms in total. The topological polar surface area (TPSA) is 12.0 Å². The molecule has 0 atom stereocenters. The maximum Gasteiger partial charge on any atom is 0.137 e. The number of rotatable bonds is 6. The minimum Gasteiger partial charge on any atom is -0.312 e. The Balaban J connectivity index is 2.02. The third kappa shape index (κ3) is 4.50. The lowest BCUT2D eigenvalue weighted by molar-refractivity contribution is 0.542. The van der Waals surface area contributed by atoms with E-state index in [-0.39, 0.29) is 5.82 Å². The first-order chi connectivity index (χ1) is 9.16. The molecule has 0 amide bonds. The number of benzene rings is 1. The van der Waals surface area contributed by atoms with Gasteiger partial charge in [0, 0.05) is 16.7 Å². The Morgan fingerprint density at radius 1 is 1.32 bits per heavy atom. The first kappa shape index (κ1) is 14.9. The van der Waals surface area contributed by atoms with Crippen LogP contribution in [0.25, 0.3) is 0 Å². The predicted molar refractivity (Wildman–Crippen MR) is 81.1 cm³/mol. The van der Waals surface area contributed by atoms with Gasteiger partial charge in [-0.2, -0.15) is 0 Å². The lowest BCUT2D eigenvalue weighted by atomic mass is 10.2. The van der Waals surface area contributed by atoms with Gasteiger partial charge >= 0.3 is 0 Å². The third-order valence-corrected chi connectivity index (χ3v) is 5.00. The second-order valence-corrected chi connectivity index (χ2v) is 7.09. The smallest absolute Gasteiger partial charge is 0.137 e. The molecule has 106 valence electrons. The Bertz CT molecular complexity index is 400. The van der Waals surface area contributed by atoms with E-state index in [1.54, 1.807) is 17.8 Å². The Kier molecular flexibility index (Phi) is 5.71. The summed E-state index contributed by atoms with van der Waals surface area (Å²) < 4.78 is 14.0. The summed E-state index contributed by atoms with van der Waals surface area (Å²) in [5.74, 6) is 0.570. The van der Waals surface area contributed by atoms with Crippen molar-refractivity contribution in [2.24, 2.45) is 5.92 Å². The lowest BCUT2D eigenvalue weighted by Crippen LogP contribution is -2.19. The molecule has 3 heteroatoms. The molecule has 0 aliphatic heterocycles. The zero-order valence-corrected chi connectivity index (χ0v) is 12.7. The Labute approximate surface area is 120 Å². The van der Waals surface area contributed by atoms with Crippen LogP contribution in [0.3, 0.4) is 0 Å². The standard InChI is InChI=1S/C16H24FNS/c1-12(2)10-18-11-13-6-5-9-15(17)16(13)19-14-7-3-4-8-14/h5-6,9,12,14,18H,3-4,7-8,10-11H2,1-2H3. The Hall–Kier alpha value is -0.540.